The summed E-state index contributed by atoms with van der Waals surface area (Å²) in [5.41, 5.74) is 4.10. The summed E-state index contributed by atoms with van der Waals surface area (Å²) in [5, 5.41) is 14.6. The molecule has 0 fully saturated rings. The Bertz CT molecular complexity index is 603. The van der Waals surface area contributed by atoms with Gasteiger partial charge < -0.3 is 10.5 Å². The SMILES string of the molecule is CC(=O)Nc1cc(C)c(C)c2c1C(=O)/C(=N\O)CC2. The van der Waals surface area contributed by atoms with Gasteiger partial charge in [0.05, 0.1) is 11.3 Å². The summed E-state index contributed by atoms with van der Waals surface area (Å²) in [6.07, 6.45) is 1.06. The minimum Gasteiger partial charge on any atom is -0.411 e. The number of ketones is 1. The van der Waals surface area contributed by atoms with Gasteiger partial charge in [0.15, 0.2) is 0 Å². The highest BCUT2D eigenvalue weighted by Gasteiger charge is 2.29. The number of amides is 1. The fraction of sp³-hybridized carbons (Fsp3) is 0.357. The standard InChI is InChI=1S/C14H16N2O3/c1-7-6-12(15-9(3)17)13-10(8(7)2)4-5-11(16-19)14(13)18/h6,19H,4-5H2,1-3H3,(H,15,17)/b16-11-. The van der Waals surface area contributed by atoms with E-state index in [0.717, 1.165) is 16.7 Å². The zero-order valence-corrected chi connectivity index (χ0v) is 11.2. The lowest BCUT2D eigenvalue weighted by Crippen LogP contribution is -2.26. The molecule has 0 heterocycles. The molecule has 1 aliphatic carbocycles. The van der Waals surface area contributed by atoms with Crippen molar-refractivity contribution in [1.82, 2.24) is 0 Å². The molecule has 100 valence electrons. The second kappa shape index (κ2) is 4.84. The van der Waals surface area contributed by atoms with E-state index in [2.05, 4.69) is 10.5 Å². The average Bonchev–Trinajstić information content (AvgIpc) is 2.34. The van der Waals surface area contributed by atoms with Crippen molar-refractivity contribution in [3.8, 4) is 0 Å². The van der Waals surface area contributed by atoms with Crippen LogP contribution >= 0.6 is 0 Å². The lowest BCUT2D eigenvalue weighted by molar-refractivity contribution is -0.114. The van der Waals surface area contributed by atoms with Gasteiger partial charge >= 0.3 is 0 Å². The summed E-state index contributed by atoms with van der Waals surface area (Å²) < 4.78 is 0. The van der Waals surface area contributed by atoms with Crippen LogP contribution in [0.4, 0.5) is 5.69 Å². The number of anilines is 1. The third kappa shape index (κ3) is 2.23. The van der Waals surface area contributed by atoms with E-state index in [1.807, 2.05) is 13.8 Å². The maximum absolute atomic E-state index is 12.3. The highest BCUT2D eigenvalue weighted by atomic mass is 16.4. The number of nitrogens with zero attached hydrogens (tertiary/aromatic N) is 1. The van der Waals surface area contributed by atoms with Crippen molar-refractivity contribution >= 4 is 23.1 Å². The first-order valence-corrected chi connectivity index (χ1v) is 6.12. The van der Waals surface area contributed by atoms with Gasteiger partial charge in [-0.2, -0.15) is 0 Å². The van der Waals surface area contributed by atoms with Crippen LogP contribution in [0.25, 0.3) is 0 Å². The molecule has 2 N–H and O–H groups in total. The number of rotatable bonds is 1. The molecule has 1 aliphatic rings. The van der Waals surface area contributed by atoms with Crippen LogP contribution in [0, 0.1) is 13.8 Å². The van der Waals surface area contributed by atoms with Crippen LogP contribution in [-0.4, -0.2) is 22.6 Å². The number of carbonyl (C=O) groups excluding carboxylic acids is 2. The molecule has 0 bridgehead atoms. The van der Waals surface area contributed by atoms with E-state index in [4.69, 9.17) is 5.21 Å². The zero-order valence-electron chi connectivity index (χ0n) is 11.2. The molecule has 0 saturated heterocycles. The van der Waals surface area contributed by atoms with Crippen LogP contribution in [0.15, 0.2) is 11.2 Å². The fourth-order valence-electron chi connectivity index (χ4n) is 2.44. The van der Waals surface area contributed by atoms with Crippen LogP contribution in [-0.2, 0) is 11.2 Å². The molecule has 0 saturated carbocycles. The van der Waals surface area contributed by atoms with E-state index in [-0.39, 0.29) is 17.4 Å². The second-order valence-electron chi connectivity index (χ2n) is 4.78. The van der Waals surface area contributed by atoms with Crippen molar-refractivity contribution in [1.29, 1.82) is 0 Å². The maximum atomic E-state index is 12.3. The van der Waals surface area contributed by atoms with E-state index in [0.29, 0.717) is 24.1 Å². The molecule has 0 radical (unpaired) electrons. The molecule has 1 aromatic carbocycles. The topological polar surface area (TPSA) is 78.8 Å². The number of aryl methyl sites for hydroxylation is 1. The Morgan fingerprint density at radius 1 is 1.37 bits per heavy atom. The molecule has 19 heavy (non-hydrogen) atoms. The Labute approximate surface area is 111 Å². The Balaban J connectivity index is 2.67. The lowest BCUT2D eigenvalue weighted by Gasteiger charge is -2.22. The maximum Gasteiger partial charge on any atom is 0.221 e. The number of oxime groups is 1. The first kappa shape index (κ1) is 13.3. The molecule has 5 nitrogen and oxygen atoms in total. The van der Waals surface area contributed by atoms with E-state index >= 15 is 0 Å². The summed E-state index contributed by atoms with van der Waals surface area (Å²) in [4.78, 5) is 23.5. The fourth-order valence-corrected chi connectivity index (χ4v) is 2.44. The number of carbonyl (C=O) groups is 2. The van der Waals surface area contributed by atoms with E-state index in [9.17, 15) is 9.59 Å². The van der Waals surface area contributed by atoms with Crippen molar-refractivity contribution in [2.75, 3.05) is 5.32 Å². The van der Waals surface area contributed by atoms with Crippen molar-refractivity contribution in [2.24, 2.45) is 5.16 Å². The van der Waals surface area contributed by atoms with Gasteiger partial charge in [-0.1, -0.05) is 5.16 Å². The van der Waals surface area contributed by atoms with Gasteiger partial charge in [0.25, 0.3) is 0 Å². The van der Waals surface area contributed by atoms with Gasteiger partial charge in [0.1, 0.15) is 5.71 Å². The number of hydrogen-bond acceptors (Lipinski definition) is 4. The predicted molar refractivity (Wildman–Crippen MR) is 72.1 cm³/mol. The monoisotopic (exact) mass is 260 g/mol. The van der Waals surface area contributed by atoms with Crippen LogP contribution < -0.4 is 5.32 Å². The molecule has 0 aliphatic heterocycles. The molecule has 1 aromatic rings. The van der Waals surface area contributed by atoms with E-state index < -0.39 is 0 Å². The summed E-state index contributed by atoms with van der Waals surface area (Å²) in [6.45, 7) is 5.30. The summed E-state index contributed by atoms with van der Waals surface area (Å²) in [6, 6.07) is 1.79. The van der Waals surface area contributed by atoms with E-state index in [1.165, 1.54) is 6.92 Å². The first-order chi connectivity index (χ1) is 8.95. The predicted octanol–water partition coefficient (Wildman–Crippen LogP) is 2.22. The molecular weight excluding hydrogens is 244 g/mol. The summed E-state index contributed by atoms with van der Waals surface area (Å²) >= 11 is 0. The summed E-state index contributed by atoms with van der Waals surface area (Å²) in [7, 11) is 0. The molecule has 1 amide bonds. The molecule has 0 unspecified atom stereocenters. The van der Waals surface area contributed by atoms with Crippen LogP contribution in [0.5, 0.6) is 0 Å². The van der Waals surface area contributed by atoms with Crippen molar-refractivity contribution in [3.63, 3.8) is 0 Å². The van der Waals surface area contributed by atoms with Crippen LogP contribution in [0.1, 0.15) is 40.4 Å². The zero-order chi connectivity index (χ0) is 14.2. The Morgan fingerprint density at radius 3 is 2.63 bits per heavy atom. The van der Waals surface area contributed by atoms with Crippen LogP contribution in [0.2, 0.25) is 0 Å². The van der Waals surface area contributed by atoms with Crippen LogP contribution in [0.3, 0.4) is 0 Å². The van der Waals surface area contributed by atoms with Gasteiger partial charge in [0.2, 0.25) is 11.7 Å². The Morgan fingerprint density at radius 2 is 2.05 bits per heavy atom. The molecule has 0 aromatic heterocycles. The number of fused-ring (bicyclic) bond motifs is 1. The molecule has 0 spiro atoms. The molecule has 5 heteroatoms. The molecule has 2 rings (SSSR count). The van der Waals surface area contributed by atoms with E-state index in [1.54, 1.807) is 6.07 Å². The first-order valence-electron chi connectivity index (χ1n) is 6.12. The largest absolute Gasteiger partial charge is 0.411 e. The number of hydrogen-bond donors (Lipinski definition) is 2. The normalized spacial score (nSPS) is 16.4. The third-order valence-electron chi connectivity index (χ3n) is 3.51. The number of benzene rings is 1. The van der Waals surface area contributed by atoms with Crippen molar-refractivity contribution in [2.45, 2.75) is 33.6 Å². The minimum atomic E-state index is -0.310. The lowest BCUT2D eigenvalue weighted by atomic mass is 9.83. The smallest absolute Gasteiger partial charge is 0.221 e. The average molecular weight is 260 g/mol. The molecular formula is C14H16N2O3. The quantitative estimate of drug-likeness (QED) is 0.600. The summed E-state index contributed by atoms with van der Waals surface area (Å²) in [5.74, 6) is -0.540. The van der Waals surface area contributed by atoms with Crippen molar-refractivity contribution in [3.05, 3.63) is 28.3 Å². The second-order valence-corrected chi connectivity index (χ2v) is 4.78. The number of nitrogens with one attached hydrogen (secondary N) is 1. The van der Waals surface area contributed by atoms with Gasteiger partial charge in [-0.25, -0.2) is 0 Å². The third-order valence-corrected chi connectivity index (χ3v) is 3.51. The van der Waals surface area contributed by atoms with Gasteiger partial charge in [0, 0.05) is 13.3 Å². The Hall–Kier alpha value is -2.17. The molecule has 0 atom stereocenters. The minimum absolute atomic E-state index is 0.141. The highest BCUT2D eigenvalue weighted by Crippen LogP contribution is 2.32. The highest BCUT2D eigenvalue weighted by molar-refractivity contribution is 6.48. The van der Waals surface area contributed by atoms with Crippen molar-refractivity contribution < 1.29 is 14.8 Å². The van der Waals surface area contributed by atoms with Gasteiger partial charge in [-0.3, -0.25) is 9.59 Å². The van der Waals surface area contributed by atoms with Gasteiger partial charge in [-0.15, -0.1) is 0 Å². The number of Topliss-reactive ketones (excluding diaryl/α,β-unsaturated/α-hetero) is 1. The van der Waals surface area contributed by atoms with Gasteiger partial charge in [-0.05, 0) is 43.0 Å². The Kier molecular flexibility index (Phi) is 3.38.